The molecule has 1 fully saturated rings. The molecule has 1 saturated heterocycles. The second kappa shape index (κ2) is 7.11. The number of hydrogen-bond acceptors (Lipinski definition) is 3. The van der Waals surface area contributed by atoms with Crippen LogP contribution in [0.15, 0.2) is 78.9 Å². The van der Waals surface area contributed by atoms with E-state index in [2.05, 4.69) is 0 Å². The molecular formula is C24H19ClN2O2S. The van der Waals surface area contributed by atoms with E-state index in [1.807, 2.05) is 66.4 Å². The van der Waals surface area contributed by atoms with E-state index in [9.17, 15) is 4.79 Å². The number of carbonyl (C=O) groups excluding carboxylic acids is 1. The average Bonchev–Trinajstić information content (AvgIpc) is 2.74. The molecule has 150 valence electrons. The number of hydrogen-bond donors (Lipinski definition) is 0. The highest BCUT2D eigenvalue weighted by Gasteiger charge is 2.53. The van der Waals surface area contributed by atoms with Gasteiger partial charge in [-0.05, 0) is 61.6 Å². The van der Waals surface area contributed by atoms with E-state index >= 15 is 0 Å². The van der Waals surface area contributed by atoms with Crippen molar-refractivity contribution in [2.24, 2.45) is 0 Å². The molecule has 2 aliphatic heterocycles. The zero-order valence-electron chi connectivity index (χ0n) is 16.3. The molecule has 3 aromatic carbocycles. The van der Waals surface area contributed by atoms with E-state index in [0.717, 1.165) is 17.0 Å². The van der Waals surface area contributed by atoms with Crippen molar-refractivity contribution >= 4 is 40.5 Å². The number of halogens is 1. The first-order chi connectivity index (χ1) is 14.5. The minimum Gasteiger partial charge on any atom is -0.467 e. The van der Waals surface area contributed by atoms with Gasteiger partial charge in [0, 0.05) is 28.3 Å². The number of para-hydroxylation sites is 2. The SMILES string of the molecule is C[C@@]12C[C@@H](c3ccccc3O1)N(C(=O)c1ccc(Cl)cc1)C(=S)N2c1ccccc1. The van der Waals surface area contributed by atoms with Gasteiger partial charge >= 0.3 is 0 Å². The van der Waals surface area contributed by atoms with Crippen molar-refractivity contribution < 1.29 is 9.53 Å². The number of ether oxygens (including phenoxy) is 1. The van der Waals surface area contributed by atoms with Crippen LogP contribution in [-0.4, -0.2) is 21.6 Å². The van der Waals surface area contributed by atoms with Crippen LogP contribution in [0.25, 0.3) is 0 Å². The molecule has 3 aromatic rings. The molecule has 2 bridgehead atoms. The van der Waals surface area contributed by atoms with Crippen molar-refractivity contribution in [1.82, 2.24) is 4.90 Å². The second-order valence-corrected chi connectivity index (χ2v) is 8.47. The van der Waals surface area contributed by atoms with Crippen molar-refractivity contribution in [3.05, 3.63) is 95.0 Å². The summed E-state index contributed by atoms with van der Waals surface area (Å²) in [5, 5.41) is 1.01. The summed E-state index contributed by atoms with van der Waals surface area (Å²) in [6.45, 7) is 2.03. The van der Waals surface area contributed by atoms with E-state index in [0.29, 0.717) is 22.1 Å². The van der Waals surface area contributed by atoms with Gasteiger partial charge in [0.25, 0.3) is 5.91 Å². The molecule has 6 heteroatoms. The summed E-state index contributed by atoms with van der Waals surface area (Å²) >= 11 is 11.9. The summed E-state index contributed by atoms with van der Waals surface area (Å²) in [6, 6.07) is 24.4. The fourth-order valence-electron chi connectivity index (χ4n) is 4.33. The molecule has 0 radical (unpaired) electrons. The number of anilines is 1. The van der Waals surface area contributed by atoms with Crippen LogP contribution < -0.4 is 9.64 Å². The molecule has 0 saturated carbocycles. The smallest absolute Gasteiger partial charge is 0.260 e. The number of thiocarbonyl (C=S) groups is 1. The van der Waals surface area contributed by atoms with Crippen LogP contribution in [0.1, 0.15) is 35.3 Å². The van der Waals surface area contributed by atoms with Crippen molar-refractivity contribution in [3.8, 4) is 5.75 Å². The monoisotopic (exact) mass is 434 g/mol. The Labute approximate surface area is 185 Å². The van der Waals surface area contributed by atoms with Crippen LogP contribution in [-0.2, 0) is 0 Å². The first-order valence-electron chi connectivity index (χ1n) is 9.74. The Hall–Kier alpha value is -2.89. The van der Waals surface area contributed by atoms with E-state index in [1.54, 1.807) is 29.2 Å². The summed E-state index contributed by atoms with van der Waals surface area (Å²) in [7, 11) is 0. The molecule has 0 aromatic heterocycles. The molecule has 4 nitrogen and oxygen atoms in total. The first-order valence-corrected chi connectivity index (χ1v) is 10.5. The van der Waals surface area contributed by atoms with Crippen molar-refractivity contribution in [2.75, 3.05) is 4.90 Å². The highest BCUT2D eigenvalue weighted by atomic mass is 35.5. The van der Waals surface area contributed by atoms with Crippen LogP contribution in [0.3, 0.4) is 0 Å². The Bertz CT molecular complexity index is 1140. The molecule has 0 unspecified atom stereocenters. The van der Waals surface area contributed by atoms with Gasteiger partial charge in [0.1, 0.15) is 5.75 Å². The standard InChI is InChI=1S/C24H19ClN2O2S/c1-24-15-20(19-9-5-6-10-21(19)29-24)26(22(28)16-11-13-17(25)14-12-16)23(30)27(24)18-7-3-2-4-8-18/h2-14,20H,15H2,1H3/t20-,24-/m0/s1. The van der Waals surface area contributed by atoms with Gasteiger partial charge in [0.15, 0.2) is 10.8 Å². The third-order valence-electron chi connectivity index (χ3n) is 5.69. The Morgan fingerprint density at radius 3 is 2.43 bits per heavy atom. The lowest BCUT2D eigenvalue weighted by Crippen LogP contribution is -2.67. The molecule has 0 aliphatic carbocycles. The van der Waals surface area contributed by atoms with E-state index < -0.39 is 5.72 Å². The molecule has 0 spiro atoms. The maximum Gasteiger partial charge on any atom is 0.260 e. The minimum absolute atomic E-state index is 0.152. The number of carbonyl (C=O) groups is 1. The summed E-state index contributed by atoms with van der Waals surface area (Å²) in [5.74, 6) is 0.620. The number of fused-ring (bicyclic) bond motifs is 4. The van der Waals surface area contributed by atoms with Gasteiger partial charge in [0.2, 0.25) is 0 Å². The third-order valence-corrected chi connectivity index (χ3v) is 6.32. The zero-order chi connectivity index (χ0) is 20.9. The largest absolute Gasteiger partial charge is 0.467 e. The molecular weight excluding hydrogens is 416 g/mol. The fourth-order valence-corrected chi connectivity index (χ4v) is 4.96. The van der Waals surface area contributed by atoms with Crippen molar-refractivity contribution in [2.45, 2.75) is 25.1 Å². The number of rotatable bonds is 2. The van der Waals surface area contributed by atoms with Crippen LogP contribution in [0.4, 0.5) is 5.69 Å². The van der Waals surface area contributed by atoms with Gasteiger partial charge in [-0.1, -0.05) is 48.0 Å². The molecule has 0 N–H and O–H groups in total. The molecule has 2 heterocycles. The lowest BCUT2D eigenvalue weighted by atomic mass is 9.88. The van der Waals surface area contributed by atoms with E-state index in [4.69, 9.17) is 28.6 Å². The Balaban J connectivity index is 1.67. The number of benzene rings is 3. The third kappa shape index (κ3) is 2.97. The van der Waals surface area contributed by atoms with E-state index in [1.165, 1.54) is 0 Å². The van der Waals surface area contributed by atoms with Gasteiger partial charge in [-0.2, -0.15) is 0 Å². The number of nitrogens with zero attached hydrogens (tertiary/aromatic N) is 2. The molecule has 2 atom stereocenters. The summed E-state index contributed by atoms with van der Waals surface area (Å²) in [6.07, 6.45) is 0.596. The van der Waals surface area contributed by atoms with Crippen LogP contribution in [0.5, 0.6) is 5.75 Å². The molecule has 1 amide bonds. The molecule has 30 heavy (non-hydrogen) atoms. The predicted molar refractivity (Wildman–Crippen MR) is 122 cm³/mol. The van der Waals surface area contributed by atoms with Crippen molar-refractivity contribution in [3.63, 3.8) is 0 Å². The van der Waals surface area contributed by atoms with Crippen LogP contribution in [0, 0.1) is 0 Å². The Kier molecular flexibility index (Phi) is 4.53. The second-order valence-electron chi connectivity index (χ2n) is 7.67. The average molecular weight is 435 g/mol. The fraction of sp³-hybridized carbons (Fsp3) is 0.167. The maximum atomic E-state index is 13.6. The number of amides is 1. The van der Waals surface area contributed by atoms with Gasteiger partial charge in [-0.25, -0.2) is 0 Å². The quantitative estimate of drug-likeness (QED) is 0.475. The lowest BCUT2D eigenvalue weighted by molar-refractivity contribution is 0.0184. The Morgan fingerprint density at radius 1 is 1.03 bits per heavy atom. The molecule has 5 rings (SSSR count). The maximum absolute atomic E-state index is 13.6. The van der Waals surface area contributed by atoms with Gasteiger partial charge < -0.3 is 4.74 Å². The van der Waals surface area contributed by atoms with Crippen LogP contribution in [0.2, 0.25) is 5.02 Å². The van der Waals surface area contributed by atoms with E-state index in [-0.39, 0.29) is 11.9 Å². The van der Waals surface area contributed by atoms with Gasteiger partial charge in [0.05, 0.1) is 6.04 Å². The Morgan fingerprint density at radius 2 is 1.70 bits per heavy atom. The summed E-state index contributed by atoms with van der Waals surface area (Å²) in [4.78, 5) is 17.3. The molecule has 2 aliphatic rings. The highest BCUT2D eigenvalue weighted by molar-refractivity contribution is 7.80. The minimum atomic E-state index is -0.700. The predicted octanol–water partition coefficient (Wildman–Crippen LogP) is 5.83. The summed E-state index contributed by atoms with van der Waals surface area (Å²) < 4.78 is 6.46. The highest BCUT2D eigenvalue weighted by Crippen LogP contribution is 2.49. The normalized spacial score (nSPS) is 22.3. The zero-order valence-corrected chi connectivity index (χ0v) is 17.9. The van der Waals surface area contributed by atoms with Crippen molar-refractivity contribution in [1.29, 1.82) is 0 Å². The van der Waals surface area contributed by atoms with Gasteiger partial charge in [-0.15, -0.1) is 0 Å². The van der Waals surface area contributed by atoms with Crippen LogP contribution >= 0.6 is 23.8 Å². The first kappa shape index (κ1) is 19.1. The lowest BCUT2D eigenvalue weighted by Gasteiger charge is -2.55. The van der Waals surface area contributed by atoms with Gasteiger partial charge in [-0.3, -0.25) is 14.6 Å². The topological polar surface area (TPSA) is 32.8 Å². The summed E-state index contributed by atoms with van der Waals surface area (Å²) in [5.41, 5.74) is 1.69.